The lowest BCUT2D eigenvalue weighted by atomic mass is 10.3. The Morgan fingerprint density at radius 3 is 2.80 bits per heavy atom. The van der Waals surface area contributed by atoms with E-state index < -0.39 is 0 Å². The van der Waals surface area contributed by atoms with E-state index >= 15 is 0 Å². The standard InChI is InChI=1S/C14H13ClN4S/c15-7-4-8-20-14-12-9-18-19(13(12)16-10-17-14)11-5-2-1-3-6-11/h1-3,5-6,9-10H,4,7-8H2. The molecule has 4 nitrogen and oxygen atoms in total. The van der Waals surface area contributed by atoms with E-state index in [1.807, 2.05) is 41.2 Å². The third kappa shape index (κ3) is 2.64. The number of nitrogens with zero attached hydrogens (tertiary/aromatic N) is 4. The molecule has 0 saturated heterocycles. The van der Waals surface area contributed by atoms with E-state index in [0.29, 0.717) is 5.88 Å². The van der Waals surface area contributed by atoms with Crippen LogP contribution in [0.15, 0.2) is 47.9 Å². The van der Waals surface area contributed by atoms with E-state index in [-0.39, 0.29) is 0 Å². The number of hydrogen-bond donors (Lipinski definition) is 0. The molecule has 0 bridgehead atoms. The summed E-state index contributed by atoms with van der Waals surface area (Å²) in [7, 11) is 0. The molecular formula is C14H13ClN4S. The predicted molar refractivity (Wildman–Crippen MR) is 82.7 cm³/mol. The zero-order valence-corrected chi connectivity index (χ0v) is 12.3. The maximum absolute atomic E-state index is 5.71. The molecule has 6 heteroatoms. The Morgan fingerprint density at radius 2 is 2.00 bits per heavy atom. The minimum absolute atomic E-state index is 0.671. The van der Waals surface area contributed by atoms with Gasteiger partial charge in [-0.25, -0.2) is 14.6 Å². The van der Waals surface area contributed by atoms with Gasteiger partial charge in [0.1, 0.15) is 11.4 Å². The molecule has 0 aliphatic heterocycles. The lowest BCUT2D eigenvalue weighted by Gasteiger charge is -2.03. The predicted octanol–water partition coefficient (Wildman–Crippen LogP) is 3.54. The molecule has 3 aromatic rings. The number of halogens is 1. The topological polar surface area (TPSA) is 43.6 Å². The normalized spacial score (nSPS) is 11.1. The Labute approximate surface area is 126 Å². The van der Waals surface area contributed by atoms with Crippen molar-refractivity contribution < 1.29 is 0 Å². The molecule has 0 aliphatic rings. The highest BCUT2D eigenvalue weighted by Crippen LogP contribution is 2.26. The molecule has 20 heavy (non-hydrogen) atoms. The maximum Gasteiger partial charge on any atom is 0.167 e. The Morgan fingerprint density at radius 1 is 1.15 bits per heavy atom. The SMILES string of the molecule is ClCCCSc1ncnc2c1cnn2-c1ccccc1. The number of rotatable bonds is 5. The van der Waals surface area contributed by atoms with E-state index in [0.717, 1.165) is 33.9 Å². The second-order valence-electron chi connectivity index (χ2n) is 4.20. The summed E-state index contributed by atoms with van der Waals surface area (Å²) < 4.78 is 1.84. The van der Waals surface area contributed by atoms with Gasteiger partial charge in [-0.15, -0.1) is 23.4 Å². The first-order valence-electron chi connectivity index (χ1n) is 6.33. The van der Waals surface area contributed by atoms with Crippen LogP contribution in [0, 0.1) is 0 Å². The molecule has 0 radical (unpaired) electrons. The summed E-state index contributed by atoms with van der Waals surface area (Å²) in [6.07, 6.45) is 4.38. The average molecular weight is 305 g/mol. The molecule has 0 unspecified atom stereocenters. The highest BCUT2D eigenvalue weighted by atomic mass is 35.5. The lowest BCUT2D eigenvalue weighted by molar-refractivity contribution is 0.893. The molecular weight excluding hydrogens is 292 g/mol. The minimum atomic E-state index is 0.671. The molecule has 0 atom stereocenters. The molecule has 3 rings (SSSR count). The van der Waals surface area contributed by atoms with Crippen LogP contribution >= 0.6 is 23.4 Å². The summed E-state index contributed by atoms with van der Waals surface area (Å²) in [4.78, 5) is 8.70. The van der Waals surface area contributed by atoms with Gasteiger partial charge < -0.3 is 0 Å². The fourth-order valence-corrected chi connectivity index (χ4v) is 3.11. The number of thioether (sulfide) groups is 1. The van der Waals surface area contributed by atoms with Crippen molar-refractivity contribution in [3.63, 3.8) is 0 Å². The summed E-state index contributed by atoms with van der Waals surface area (Å²) in [6, 6.07) is 9.97. The first kappa shape index (κ1) is 13.4. The van der Waals surface area contributed by atoms with E-state index in [1.165, 1.54) is 0 Å². The van der Waals surface area contributed by atoms with Gasteiger partial charge >= 0.3 is 0 Å². The van der Waals surface area contributed by atoms with Gasteiger partial charge in [-0.2, -0.15) is 5.10 Å². The Bertz CT molecular complexity index is 699. The Hall–Kier alpha value is -1.59. The highest BCUT2D eigenvalue weighted by molar-refractivity contribution is 7.99. The van der Waals surface area contributed by atoms with Crippen molar-refractivity contribution >= 4 is 34.4 Å². The van der Waals surface area contributed by atoms with Crippen molar-refractivity contribution in [3.05, 3.63) is 42.9 Å². The van der Waals surface area contributed by atoms with Crippen LogP contribution in [0.3, 0.4) is 0 Å². The van der Waals surface area contributed by atoms with Crippen LogP contribution in [0.25, 0.3) is 16.7 Å². The van der Waals surface area contributed by atoms with Crippen molar-refractivity contribution in [2.45, 2.75) is 11.4 Å². The Kier molecular flexibility index (Phi) is 4.18. The van der Waals surface area contributed by atoms with Gasteiger partial charge in [0.25, 0.3) is 0 Å². The summed E-state index contributed by atoms with van der Waals surface area (Å²) in [5.41, 5.74) is 1.83. The zero-order chi connectivity index (χ0) is 13.8. The average Bonchev–Trinajstić information content (AvgIpc) is 2.93. The monoisotopic (exact) mass is 304 g/mol. The van der Waals surface area contributed by atoms with E-state index in [9.17, 15) is 0 Å². The van der Waals surface area contributed by atoms with Crippen LogP contribution in [-0.4, -0.2) is 31.4 Å². The van der Waals surface area contributed by atoms with Gasteiger partial charge in [0, 0.05) is 11.6 Å². The summed E-state index contributed by atoms with van der Waals surface area (Å²) in [5, 5.41) is 6.37. The largest absolute Gasteiger partial charge is 0.229 e. The molecule has 102 valence electrons. The van der Waals surface area contributed by atoms with Gasteiger partial charge in [-0.3, -0.25) is 0 Å². The molecule has 0 N–H and O–H groups in total. The molecule has 0 fully saturated rings. The van der Waals surface area contributed by atoms with Gasteiger partial charge in [0.15, 0.2) is 5.65 Å². The van der Waals surface area contributed by atoms with Crippen LogP contribution in [-0.2, 0) is 0 Å². The van der Waals surface area contributed by atoms with Crippen LogP contribution in [0.1, 0.15) is 6.42 Å². The van der Waals surface area contributed by atoms with Crippen molar-refractivity contribution in [1.82, 2.24) is 19.7 Å². The van der Waals surface area contributed by atoms with Gasteiger partial charge in [-0.1, -0.05) is 18.2 Å². The van der Waals surface area contributed by atoms with Gasteiger partial charge in [-0.05, 0) is 18.6 Å². The van der Waals surface area contributed by atoms with Crippen LogP contribution < -0.4 is 0 Å². The number of aromatic nitrogens is 4. The highest BCUT2D eigenvalue weighted by Gasteiger charge is 2.10. The number of benzene rings is 1. The van der Waals surface area contributed by atoms with Gasteiger partial charge in [0.2, 0.25) is 0 Å². The van der Waals surface area contributed by atoms with Crippen LogP contribution in [0.2, 0.25) is 0 Å². The summed E-state index contributed by atoms with van der Waals surface area (Å²) >= 11 is 7.40. The molecule has 1 aromatic carbocycles. The summed E-state index contributed by atoms with van der Waals surface area (Å²) in [6.45, 7) is 0. The van der Waals surface area contributed by atoms with Crippen molar-refractivity contribution in [2.75, 3.05) is 11.6 Å². The molecule has 0 amide bonds. The maximum atomic E-state index is 5.71. The number of alkyl halides is 1. The molecule has 0 saturated carbocycles. The van der Waals surface area contributed by atoms with Crippen LogP contribution in [0.4, 0.5) is 0 Å². The minimum Gasteiger partial charge on any atom is -0.229 e. The first-order valence-corrected chi connectivity index (χ1v) is 7.85. The second-order valence-corrected chi connectivity index (χ2v) is 5.66. The number of hydrogen-bond acceptors (Lipinski definition) is 4. The van der Waals surface area contributed by atoms with E-state index in [1.54, 1.807) is 18.1 Å². The molecule has 0 spiro atoms. The van der Waals surface area contributed by atoms with E-state index in [4.69, 9.17) is 11.6 Å². The summed E-state index contributed by atoms with van der Waals surface area (Å²) in [5.74, 6) is 1.62. The third-order valence-electron chi connectivity index (χ3n) is 2.85. The number of fused-ring (bicyclic) bond motifs is 1. The van der Waals surface area contributed by atoms with E-state index in [2.05, 4.69) is 15.1 Å². The van der Waals surface area contributed by atoms with Crippen molar-refractivity contribution in [1.29, 1.82) is 0 Å². The smallest absolute Gasteiger partial charge is 0.167 e. The molecule has 0 aliphatic carbocycles. The molecule has 2 heterocycles. The lowest BCUT2D eigenvalue weighted by Crippen LogP contribution is -1.97. The Balaban J connectivity index is 1.99. The van der Waals surface area contributed by atoms with Crippen LogP contribution in [0.5, 0.6) is 0 Å². The quantitative estimate of drug-likeness (QED) is 0.313. The number of para-hydroxylation sites is 1. The fraction of sp³-hybridized carbons (Fsp3) is 0.214. The first-order chi connectivity index (χ1) is 9.90. The van der Waals surface area contributed by atoms with Crippen molar-refractivity contribution in [2.24, 2.45) is 0 Å². The van der Waals surface area contributed by atoms with Crippen molar-refractivity contribution in [3.8, 4) is 5.69 Å². The van der Waals surface area contributed by atoms with Gasteiger partial charge in [0.05, 0.1) is 17.3 Å². The molecule has 2 aromatic heterocycles. The fourth-order valence-electron chi connectivity index (χ4n) is 1.92. The second kappa shape index (κ2) is 6.24. The third-order valence-corrected chi connectivity index (χ3v) is 4.21. The zero-order valence-electron chi connectivity index (χ0n) is 10.7.